The number of piperidine rings is 1. The Labute approximate surface area is 219 Å². The molecule has 1 saturated carbocycles. The number of hydrogen-bond donors (Lipinski definition) is 1. The van der Waals surface area contributed by atoms with Crippen LogP contribution in [0.15, 0.2) is 36.5 Å². The van der Waals surface area contributed by atoms with Crippen LogP contribution in [0.25, 0.3) is 0 Å². The molecule has 1 aromatic heterocycles. The third-order valence-electron chi connectivity index (χ3n) is 8.45. The molecule has 2 aromatic rings. The van der Waals surface area contributed by atoms with Crippen LogP contribution in [0.5, 0.6) is 0 Å². The maximum Gasteiger partial charge on any atom is 0.409 e. The molecule has 3 fully saturated rings. The fourth-order valence-corrected chi connectivity index (χ4v) is 6.41. The Bertz CT molecular complexity index is 998. The van der Waals surface area contributed by atoms with Crippen LogP contribution < -0.4 is 0 Å². The van der Waals surface area contributed by atoms with Gasteiger partial charge in [-0.1, -0.05) is 30.3 Å². The second-order valence-corrected chi connectivity index (χ2v) is 10.7. The van der Waals surface area contributed by atoms with E-state index in [1.807, 2.05) is 10.9 Å². The minimum absolute atomic E-state index is 0.0273. The molecule has 2 saturated heterocycles. The number of aliphatic hydroxyl groups is 1. The summed E-state index contributed by atoms with van der Waals surface area (Å²) in [6.45, 7) is 1.72. The molecule has 1 aliphatic carbocycles. The van der Waals surface area contributed by atoms with Gasteiger partial charge >= 0.3 is 6.09 Å². The summed E-state index contributed by atoms with van der Waals surface area (Å²) in [6.07, 6.45) is 10.8. The maximum atomic E-state index is 12.8. The summed E-state index contributed by atoms with van der Waals surface area (Å²) in [5, 5.41) is 15.1. The second kappa shape index (κ2) is 12.4. The van der Waals surface area contributed by atoms with Gasteiger partial charge in [-0.3, -0.25) is 0 Å². The van der Waals surface area contributed by atoms with E-state index in [9.17, 15) is 9.90 Å². The number of benzene rings is 1. The Morgan fingerprint density at radius 2 is 1.89 bits per heavy atom. The van der Waals surface area contributed by atoms with E-state index < -0.39 is 0 Å². The molecule has 0 bridgehead atoms. The molecule has 0 spiro atoms. The molecule has 1 aromatic carbocycles. The Hall–Kier alpha value is -2.42. The Morgan fingerprint density at radius 3 is 2.59 bits per heavy atom. The van der Waals surface area contributed by atoms with Crippen molar-refractivity contribution >= 4 is 6.09 Å². The monoisotopic (exact) mass is 511 g/mol. The number of hydrogen-bond acceptors (Lipinski definition) is 6. The third-order valence-corrected chi connectivity index (χ3v) is 8.45. The smallest absolute Gasteiger partial charge is 0.409 e. The minimum atomic E-state index is -0.327. The average molecular weight is 512 g/mol. The number of carbonyl (C=O) groups is 1. The number of methoxy groups -OCH3 is 1. The molecule has 3 heterocycles. The molecule has 37 heavy (non-hydrogen) atoms. The van der Waals surface area contributed by atoms with Crippen LogP contribution in [0, 0.1) is 0 Å². The number of rotatable bonds is 7. The largest absolute Gasteiger partial charge is 0.453 e. The summed E-state index contributed by atoms with van der Waals surface area (Å²) in [5.74, 6) is 0.564. The summed E-state index contributed by atoms with van der Waals surface area (Å²) in [4.78, 5) is 14.6. The van der Waals surface area contributed by atoms with Crippen molar-refractivity contribution < 1.29 is 24.1 Å². The van der Waals surface area contributed by atoms with E-state index in [4.69, 9.17) is 19.3 Å². The maximum absolute atomic E-state index is 12.8. The second-order valence-electron chi connectivity index (χ2n) is 10.7. The molecule has 8 nitrogen and oxygen atoms in total. The van der Waals surface area contributed by atoms with Crippen molar-refractivity contribution in [3.8, 4) is 0 Å². The van der Waals surface area contributed by atoms with Gasteiger partial charge in [-0.15, -0.1) is 0 Å². The summed E-state index contributed by atoms with van der Waals surface area (Å²) in [5.41, 5.74) is 3.07. The highest BCUT2D eigenvalue weighted by Crippen LogP contribution is 2.38. The van der Waals surface area contributed by atoms with Crippen molar-refractivity contribution in [1.82, 2.24) is 14.7 Å². The molecule has 1 unspecified atom stereocenters. The lowest BCUT2D eigenvalue weighted by Crippen LogP contribution is -2.50. The first-order valence-corrected chi connectivity index (χ1v) is 14.0. The predicted octanol–water partition coefficient (Wildman–Crippen LogP) is 5.13. The topological polar surface area (TPSA) is 86.1 Å². The van der Waals surface area contributed by atoms with E-state index >= 15 is 0 Å². The van der Waals surface area contributed by atoms with E-state index in [0.717, 1.165) is 75.7 Å². The van der Waals surface area contributed by atoms with Gasteiger partial charge in [-0.05, 0) is 69.3 Å². The Morgan fingerprint density at radius 1 is 1.08 bits per heavy atom. The normalized spacial score (nSPS) is 28.7. The minimum Gasteiger partial charge on any atom is -0.453 e. The van der Waals surface area contributed by atoms with Crippen molar-refractivity contribution in [2.45, 2.75) is 94.6 Å². The Balaban J connectivity index is 1.29. The first kappa shape index (κ1) is 26.2. The van der Waals surface area contributed by atoms with Crippen molar-refractivity contribution in [2.75, 3.05) is 26.9 Å². The number of amides is 1. The van der Waals surface area contributed by atoms with Gasteiger partial charge in [0.05, 0.1) is 38.2 Å². The lowest BCUT2D eigenvalue weighted by molar-refractivity contribution is -0.0406. The molecule has 3 aliphatic rings. The molecule has 202 valence electrons. The SMILES string of the molecule is COC(=O)N1CCC[C@H](c2nn(C3CCCCO3)cc2CO)[C@@H]1CO[C@H]1CC[C@@H](c2ccccc2)CC1. The van der Waals surface area contributed by atoms with E-state index in [-0.39, 0.29) is 37.0 Å². The van der Waals surface area contributed by atoms with E-state index in [2.05, 4.69) is 30.3 Å². The quantitative estimate of drug-likeness (QED) is 0.555. The van der Waals surface area contributed by atoms with E-state index in [1.54, 1.807) is 4.90 Å². The van der Waals surface area contributed by atoms with E-state index in [0.29, 0.717) is 19.1 Å². The highest BCUT2D eigenvalue weighted by Gasteiger charge is 2.39. The first-order chi connectivity index (χ1) is 18.2. The lowest BCUT2D eigenvalue weighted by atomic mass is 9.82. The molecule has 2 aliphatic heterocycles. The van der Waals surface area contributed by atoms with Gasteiger partial charge in [0.15, 0.2) is 0 Å². The van der Waals surface area contributed by atoms with Crippen LogP contribution in [0.3, 0.4) is 0 Å². The molecule has 1 N–H and O–H groups in total. The zero-order valence-corrected chi connectivity index (χ0v) is 22.0. The zero-order chi connectivity index (χ0) is 25.6. The van der Waals surface area contributed by atoms with Gasteiger partial charge in [0.2, 0.25) is 0 Å². The molecule has 3 atom stereocenters. The van der Waals surface area contributed by atoms with Crippen LogP contribution in [-0.4, -0.2) is 64.9 Å². The van der Waals surface area contributed by atoms with Crippen molar-refractivity contribution in [1.29, 1.82) is 0 Å². The average Bonchev–Trinajstić information content (AvgIpc) is 3.41. The summed E-state index contributed by atoms with van der Waals surface area (Å²) in [6, 6.07) is 10.6. The molecule has 1 amide bonds. The fraction of sp³-hybridized carbons (Fsp3) is 0.655. The molecular weight excluding hydrogens is 470 g/mol. The number of aliphatic hydroxyl groups excluding tert-OH is 1. The highest BCUT2D eigenvalue weighted by molar-refractivity contribution is 5.68. The van der Waals surface area contributed by atoms with Gasteiger partial charge in [0.1, 0.15) is 6.23 Å². The van der Waals surface area contributed by atoms with Crippen LogP contribution in [0.2, 0.25) is 0 Å². The van der Waals surface area contributed by atoms with Gasteiger partial charge in [0, 0.05) is 30.8 Å². The molecule has 5 rings (SSSR count). The lowest BCUT2D eigenvalue weighted by Gasteiger charge is -2.41. The first-order valence-electron chi connectivity index (χ1n) is 14.0. The molecular formula is C29H41N3O5. The van der Waals surface area contributed by atoms with Gasteiger partial charge in [-0.2, -0.15) is 5.10 Å². The third kappa shape index (κ3) is 6.02. The van der Waals surface area contributed by atoms with Crippen molar-refractivity contribution in [3.05, 3.63) is 53.3 Å². The number of carbonyl (C=O) groups excluding carboxylic acids is 1. The number of nitrogens with zero attached hydrogens (tertiary/aromatic N) is 3. The highest BCUT2D eigenvalue weighted by atomic mass is 16.5. The fourth-order valence-electron chi connectivity index (χ4n) is 6.41. The number of likely N-dealkylation sites (tertiary alicyclic amines) is 1. The number of ether oxygens (including phenoxy) is 3. The van der Waals surface area contributed by atoms with Gasteiger partial charge < -0.3 is 24.2 Å². The molecule has 0 radical (unpaired) electrons. The van der Waals surface area contributed by atoms with Crippen LogP contribution in [-0.2, 0) is 20.8 Å². The predicted molar refractivity (Wildman–Crippen MR) is 139 cm³/mol. The van der Waals surface area contributed by atoms with Crippen LogP contribution in [0.4, 0.5) is 4.79 Å². The Kier molecular flexibility index (Phi) is 8.79. The van der Waals surface area contributed by atoms with Gasteiger partial charge in [0.25, 0.3) is 0 Å². The van der Waals surface area contributed by atoms with Crippen LogP contribution in [0.1, 0.15) is 92.7 Å². The summed E-state index contributed by atoms with van der Waals surface area (Å²) >= 11 is 0. The van der Waals surface area contributed by atoms with Gasteiger partial charge in [-0.25, -0.2) is 9.48 Å². The van der Waals surface area contributed by atoms with Crippen molar-refractivity contribution in [2.24, 2.45) is 0 Å². The van der Waals surface area contributed by atoms with Crippen LogP contribution >= 0.6 is 0 Å². The van der Waals surface area contributed by atoms with E-state index in [1.165, 1.54) is 12.7 Å². The summed E-state index contributed by atoms with van der Waals surface area (Å²) < 4.78 is 19.5. The standard InChI is InChI=1S/C29H41N3O5/c1-35-29(34)31-16-7-10-25(28-23(19-33)18-32(30-28)27-11-5-6-17-36-27)26(31)20-37-24-14-12-22(13-15-24)21-8-3-2-4-9-21/h2-4,8-9,18,22,24-27,33H,5-7,10-17,19-20H2,1H3/t22-,24+,25-,26-,27?/m0/s1. The molecule has 8 heteroatoms. The summed E-state index contributed by atoms with van der Waals surface area (Å²) in [7, 11) is 1.43. The zero-order valence-electron chi connectivity index (χ0n) is 22.0. The van der Waals surface area contributed by atoms with Crippen molar-refractivity contribution in [3.63, 3.8) is 0 Å². The number of aromatic nitrogens is 2.